The minimum absolute atomic E-state index is 0.603. The topological polar surface area (TPSA) is 61.1 Å². The Bertz CT molecular complexity index is 451. The molecule has 0 saturated carbocycles. The Labute approximate surface area is 82.4 Å². The summed E-state index contributed by atoms with van der Waals surface area (Å²) >= 11 is 0. The van der Waals surface area contributed by atoms with Crippen LogP contribution in [0.15, 0.2) is 12.1 Å². The molecule has 78 valence electrons. The van der Waals surface area contributed by atoms with Gasteiger partial charge in [-0.15, -0.1) is 0 Å². The van der Waals surface area contributed by atoms with Gasteiger partial charge in [-0.1, -0.05) is 0 Å². The lowest BCUT2D eigenvalue weighted by Crippen LogP contribution is -2.07. The quantitative estimate of drug-likeness (QED) is 0.823. The van der Waals surface area contributed by atoms with E-state index in [0.29, 0.717) is 12.1 Å². The van der Waals surface area contributed by atoms with Crippen LogP contribution >= 0.6 is 0 Å². The molecule has 0 aliphatic heterocycles. The second-order valence-corrected chi connectivity index (χ2v) is 2.60. The molecule has 1 aromatic rings. The molecule has 0 atom stereocenters. The number of carbonyl (C=O) groups is 1. The maximum Gasteiger partial charge on any atom is 0.340 e. The van der Waals surface area contributed by atoms with Crippen molar-refractivity contribution in [1.82, 2.24) is 0 Å². The highest BCUT2D eigenvalue weighted by Gasteiger charge is 2.23. The lowest BCUT2D eigenvalue weighted by Gasteiger charge is -2.06. The maximum atomic E-state index is 13.0. The van der Waals surface area contributed by atoms with Gasteiger partial charge >= 0.3 is 5.97 Å². The van der Waals surface area contributed by atoms with E-state index in [1.54, 1.807) is 0 Å². The Morgan fingerprint density at radius 1 is 1.47 bits per heavy atom. The molecular weight excluding hydrogens is 211 g/mol. The first-order valence-corrected chi connectivity index (χ1v) is 3.73. The van der Waals surface area contributed by atoms with E-state index in [9.17, 15) is 18.0 Å². The maximum absolute atomic E-state index is 13.0. The summed E-state index contributed by atoms with van der Waals surface area (Å²) in [7, 11) is 0. The van der Waals surface area contributed by atoms with Crippen molar-refractivity contribution in [2.45, 2.75) is 6.43 Å². The molecule has 6 heteroatoms. The summed E-state index contributed by atoms with van der Waals surface area (Å²) in [5.74, 6) is -2.95. The minimum atomic E-state index is -3.02. The molecular formula is C9H4F3NO2. The Kier molecular flexibility index (Phi) is 2.95. The molecule has 1 N–H and O–H groups in total. The number of benzene rings is 1. The lowest BCUT2D eigenvalue weighted by molar-refractivity contribution is 0.0691. The van der Waals surface area contributed by atoms with E-state index in [1.165, 1.54) is 6.07 Å². The van der Waals surface area contributed by atoms with Crippen molar-refractivity contribution in [3.63, 3.8) is 0 Å². The fraction of sp³-hybridized carbons (Fsp3) is 0.111. The molecule has 0 aliphatic carbocycles. The van der Waals surface area contributed by atoms with Gasteiger partial charge in [-0.25, -0.2) is 18.0 Å². The van der Waals surface area contributed by atoms with E-state index in [-0.39, 0.29) is 0 Å². The second kappa shape index (κ2) is 4.00. The summed E-state index contributed by atoms with van der Waals surface area (Å²) in [6.45, 7) is 0. The standard InChI is InChI=1S/C9H4F3NO2/c10-6-2-1-4(8(11)12)5(3-13)7(6)9(14)15/h1-2,8H,(H,14,15). The number of hydrogen-bond donors (Lipinski definition) is 1. The van der Waals surface area contributed by atoms with Crippen molar-refractivity contribution in [3.05, 3.63) is 34.6 Å². The number of aromatic carboxylic acids is 1. The summed E-state index contributed by atoms with van der Waals surface area (Å²) in [5, 5.41) is 17.1. The van der Waals surface area contributed by atoms with Gasteiger partial charge in [-0.05, 0) is 12.1 Å². The fourth-order valence-electron chi connectivity index (χ4n) is 1.10. The van der Waals surface area contributed by atoms with E-state index in [0.717, 1.165) is 0 Å². The van der Waals surface area contributed by atoms with Gasteiger partial charge in [0.1, 0.15) is 17.4 Å². The molecule has 0 aliphatic rings. The molecule has 0 fully saturated rings. The van der Waals surface area contributed by atoms with Gasteiger partial charge in [0, 0.05) is 5.56 Å². The Hall–Kier alpha value is -2.03. The number of alkyl halides is 2. The van der Waals surface area contributed by atoms with Gasteiger partial charge in [0.05, 0.1) is 5.56 Å². The molecule has 0 unspecified atom stereocenters. The third-order valence-electron chi connectivity index (χ3n) is 1.75. The number of nitrogens with zero attached hydrogens (tertiary/aromatic N) is 1. The Morgan fingerprint density at radius 2 is 2.07 bits per heavy atom. The molecule has 0 bridgehead atoms. The van der Waals surface area contributed by atoms with Crippen LogP contribution in [0.25, 0.3) is 0 Å². The van der Waals surface area contributed by atoms with Crippen molar-refractivity contribution < 1.29 is 23.1 Å². The van der Waals surface area contributed by atoms with Crippen LogP contribution in [0.2, 0.25) is 0 Å². The smallest absolute Gasteiger partial charge is 0.340 e. The first kappa shape index (κ1) is 11.0. The summed E-state index contributed by atoms with van der Waals surface area (Å²) in [5.41, 5.74) is -2.64. The van der Waals surface area contributed by atoms with Crippen molar-refractivity contribution in [2.75, 3.05) is 0 Å². The monoisotopic (exact) mass is 215 g/mol. The largest absolute Gasteiger partial charge is 0.478 e. The predicted octanol–water partition coefficient (Wildman–Crippen LogP) is 2.33. The Morgan fingerprint density at radius 3 is 2.47 bits per heavy atom. The van der Waals surface area contributed by atoms with Gasteiger partial charge in [0.15, 0.2) is 0 Å². The Balaban J connectivity index is 3.56. The number of rotatable bonds is 2. The summed E-state index contributed by atoms with van der Waals surface area (Å²) < 4.78 is 37.6. The highest BCUT2D eigenvalue weighted by molar-refractivity contribution is 5.91. The molecule has 15 heavy (non-hydrogen) atoms. The van der Waals surface area contributed by atoms with E-state index >= 15 is 0 Å². The highest BCUT2D eigenvalue weighted by Crippen LogP contribution is 2.26. The second-order valence-electron chi connectivity index (χ2n) is 2.60. The van der Waals surface area contributed by atoms with E-state index in [2.05, 4.69) is 0 Å². The van der Waals surface area contributed by atoms with Crippen molar-refractivity contribution >= 4 is 5.97 Å². The number of nitriles is 1. The predicted molar refractivity (Wildman–Crippen MR) is 43.0 cm³/mol. The van der Waals surface area contributed by atoms with Gasteiger partial charge in [-0.2, -0.15) is 5.26 Å². The van der Waals surface area contributed by atoms with Gasteiger partial charge in [-0.3, -0.25) is 0 Å². The van der Waals surface area contributed by atoms with Crippen molar-refractivity contribution in [2.24, 2.45) is 0 Å². The molecule has 0 radical (unpaired) electrons. The van der Waals surface area contributed by atoms with Crippen LogP contribution < -0.4 is 0 Å². The molecule has 0 spiro atoms. The van der Waals surface area contributed by atoms with Gasteiger partial charge < -0.3 is 5.11 Å². The molecule has 3 nitrogen and oxygen atoms in total. The van der Waals surface area contributed by atoms with Gasteiger partial charge in [0.2, 0.25) is 0 Å². The minimum Gasteiger partial charge on any atom is -0.478 e. The van der Waals surface area contributed by atoms with E-state index < -0.39 is 34.9 Å². The third-order valence-corrected chi connectivity index (χ3v) is 1.75. The summed E-state index contributed by atoms with van der Waals surface area (Å²) in [4.78, 5) is 10.5. The first-order chi connectivity index (χ1) is 6.99. The normalized spacial score (nSPS) is 10.1. The van der Waals surface area contributed by atoms with Crippen LogP contribution in [0.4, 0.5) is 13.2 Å². The van der Waals surface area contributed by atoms with Crippen LogP contribution in [0.5, 0.6) is 0 Å². The zero-order chi connectivity index (χ0) is 11.6. The summed E-state index contributed by atoms with van der Waals surface area (Å²) in [6, 6.07) is 2.57. The van der Waals surface area contributed by atoms with Crippen LogP contribution in [0.1, 0.15) is 27.9 Å². The fourth-order valence-corrected chi connectivity index (χ4v) is 1.10. The van der Waals surface area contributed by atoms with Crippen LogP contribution in [-0.2, 0) is 0 Å². The zero-order valence-corrected chi connectivity index (χ0v) is 7.17. The zero-order valence-electron chi connectivity index (χ0n) is 7.17. The molecule has 0 amide bonds. The van der Waals surface area contributed by atoms with Crippen LogP contribution in [0.3, 0.4) is 0 Å². The molecule has 0 aromatic heterocycles. The average molecular weight is 215 g/mol. The number of carboxylic acids is 1. The summed E-state index contributed by atoms with van der Waals surface area (Å²) in [6.07, 6.45) is -3.02. The molecule has 0 saturated heterocycles. The van der Waals surface area contributed by atoms with Crippen molar-refractivity contribution in [1.29, 1.82) is 5.26 Å². The first-order valence-electron chi connectivity index (χ1n) is 3.73. The lowest BCUT2D eigenvalue weighted by atomic mass is 10.0. The third kappa shape index (κ3) is 1.91. The van der Waals surface area contributed by atoms with E-state index in [1.807, 2.05) is 0 Å². The number of hydrogen-bond acceptors (Lipinski definition) is 2. The van der Waals surface area contributed by atoms with Gasteiger partial charge in [0.25, 0.3) is 6.43 Å². The SMILES string of the molecule is N#Cc1c(C(F)F)ccc(F)c1C(=O)O. The van der Waals surface area contributed by atoms with Crippen LogP contribution in [-0.4, -0.2) is 11.1 Å². The highest BCUT2D eigenvalue weighted by atomic mass is 19.3. The average Bonchev–Trinajstić information content (AvgIpc) is 2.15. The molecule has 1 rings (SSSR count). The van der Waals surface area contributed by atoms with E-state index in [4.69, 9.17) is 10.4 Å². The molecule has 0 heterocycles. The van der Waals surface area contributed by atoms with Crippen LogP contribution in [0, 0.1) is 17.1 Å². The number of carboxylic acid groups (broad SMARTS) is 1. The van der Waals surface area contributed by atoms with Crippen molar-refractivity contribution in [3.8, 4) is 6.07 Å². The molecule has 1 aromatic carbocycles. The number of halogens is 3.